The van der Waals surface area contributed by atoms with E-state index in [0.717, 1.165) is 38.1 Å². The van der Waals surface area contributed by atoms with Crippen LogP contribution in [0.25, 0.3) is 0 Å². The smallest absolute Gasteiger partial charge is 0.0227 e. The van der Waals surface area contributed by atoms with E-state index in [2.05, 4.69) is 36.3 Å². The van der Waals surface area contributed by atoms with Crippen LogP contribution in [0.3, 0.4) is 0 Å². The summed E-state index contributed by atoms with van der Waals surface area (Å²) in [6.45, 7) is 10.4. The van der Waals surface area contributed by atoms with Crippen molar-refractivity contribution in [2.45, 2.75) is 47.0 Å². The zero-order valence-electron chi connectivity index (χ0n) is 11.2. The van der Waals surface area contributed by atoms with Gasteiger partial charge in [-0.15, -0.1) is 0 Å². The second kappa shape index (κ2) is 10.6. The molecule has 0 saturated carbocycles. The fourth-order valence-electron chi connectivity index (χ4n) is 1.29. The van der Waals surface area contributed by atoms with Crippen molar-refractivity contribution in [3.63, 3.8) is 0 Å². The number of nitrogens with one attached hydrogen (secondary N) is 1. The van der Waals surface area contributed by atoms with Gasteiger partial charge in [-0.05, 0) is 39.7 Å². The Morgan fingerprint density at radius 3 is 2.50 bits per heavy atom. The van der Waals surface area contributed by atoms with Crippen LogP contribution >= 0.6 is 0 Å². The van der Waals surface area contributed by atoms with Crippen LogP contribution in [0.4, 0.5) is 0 Å². The van der Waals surface area contributed by atoms with Gasteiger partial charge < -0.3 is 5.32 Å². The van der Waals surface area contributed by atoms with Crippen LogP contribution in [-0.2, 0) is 0 Å². The molecule has 0 amide bonds. The average molecular weight is 222 g/mol. The molecule has 0 atom stereocenters. The van der Waals surface area contributed by atoms with Crippen LogP contribution < -0.4 is 5.32 Å². The number of rotatable bonds is 8. The number of hydrogen-bond donors (Lipinski definition) is 1. The Kier molecular flexibility index (Phi) is 10.0. The third-order valence-electron chi connectivity index (χ3n) is 2.26. The predicted octanol–water partition coefficient (Wildman–Crippen LogP) is 3.71. The molecule has 0 radical (unpaired) electrons. The molecular weight excluding hydrogens is 196 g/mol. The lowest BCUT2D eigenvalue weighted by molar-refractivity contribution is 0.753. The van der Waals surface area contributed by atoms with Gasteiger partial charge in [0.15, 0.2) is 0 Å². The third kappa shape index (κ3) is 9.66. The van der Waals surface area contributed by atoms with Gasteiger partial charge in [0.1, 0.15) is 0 Å². The Balaban J connectivity index is 3.78. The fraction of sp³-hybridized carbons (Fsp3) is 0.643. The van der Waals surface area contributed by atoms with Gasteiger partial charge >= 0.3 is 0 Å². The molecule has 0 aromatic carbocycles. The molecule has 16 heavy (non-hydrogen) atoms. The van der Waals surface area contributed by atoms with Crippen LogP contribution in [0.1, 0.15) is 47.0 Å². The van der Waals surface area contributed by atoms with E-state index < -0.39 is 0 Å². The van der Waals surface area contributed by atoms with Gasteiger partial charge in [-0.1, -0.05) is 31.6 Å². The molecule has 0 aromatic rings. The highest BCUT2D eigenvalue weighted by Gasteiger charge is 1.91. The highest BCUT2D eigenvalue weighted by Crippen LogP contribution is 2.03. The number of unbranched alkanes of at least 4 members (excludes halogenated alkanes) is 1. The van der Waals surface area contributed by atoms with Gasteiger partial charge in [-0.25, -0.2) is 0 Å². The minimum Gasteiger partial charge on any atom is -0.313 e. The van der Waals surface area contributed by atoms with Crippen molar-refractivity contribution in [1.29, 1.82) is 0 Å². The van der Waals surface area contributed by atoms with Crippen molar-refractivity contribution in [1.82, 2.24) is 5.32 Å². The SMILES string of the molecule is CCNC/C(=C/CC/C=C\N=C(C)C)CC. The lowest BCUT2D eigenvalue weighted by Crippen LogP contribution is -2.15. The lowest BCUT2D eigenvalue weighted by Gasteiger charge is -2.04. The number of aliphatic imine (C=N–C) groups is 1. The third-order valence-corrected chi connectivity index (χ3v) is 2.26. The molecule has 92 valence electrons. The summed E-state index contributed by atoms with van der Waals surface area (Å²) in [5.74, 6) is 0. The van der Waals surface area contributed by atoms with Gasteiger partial charge in [0.2, 0.25) is 0 Å². The first-order valence-electron chi connectivity index (χ1n) is 6.25. The topological polar surface area (TPSA) is 24.4 Å². The zero-order chi connectivity index (χ0) is 12.2. The Morgan fingerprint density at radius 1 is 1.19 bits per heavy atom. The monoisotopic (exact) mass is 222 g/mol. The summed E-state index contributed by atoms with van der Waals surface area (Å²) in [4.78, 5) is 4.21. The minimum absolute atomic E-state index is 1.03. The van der Waals surface area contributed by atoms with Crippen LogP contribution in [0.2, 0.25) is 0 Å². The standard InChI is InChI=1S/C14H26N2/c1-5-14(12-15-6-2)10-8-7-9-11-16-13(3)4/h9-11,15H,5-8,12H2,1-4H3/b11-9-,14-10+. The quantitative estimate of drug-likeness (QED) is 0.378. The van der Waals surface area contributed by atoms with Crippen molar-refractivity contribution in [3.05, 3.63) is 23.9 Å². The van der Waals surface area contributed by atoms with Gasteiger partial charge in [-0.3, -0.25) is 4.99 Å². The zero-order valence-corrected chi connectivity index (χ0v) is 11.2. The summed E-state index contributed by atoms with van der Waals surface area (Å²) in [5.41, 5.74) is 2.61. The van der Waals surface area contributed by atoms with Crippen molar-refractivity contribution in [3.8, 4) is 0 Å². The highest BCUT2D eigenvalue weighted by atomic mass is 14.8. The van der Waals surface area contributed by atoms with Gasteiger partial charge in [0.25, 0.3) is 0 Å². The summed E-state index contributed by atoms with van der Waals surface area (Å²) >= 11 is 0. The molecule has 0 rings (SSSR count). The maximum atomic E-state index is 4.21. The maximum Gasteiger partial charge on any atom is 0.0227 e. The first kappa shape index (κ1) is 15.1. The molecule has 2 heteroatoms. The number of nitrogens with zero attached hydrogens (tertiary/aromatic N) is 1. The van der Waals surface area contributed by atoms with Crippen molar-refractivity contribution in [2.24, 2.45) is 4.99 Å². The summed E-state index contributed by atoms with van der Waals surface area (Å²) < 4.78 is 0. The van der Waals surface area contributed by atoms with Gasteiger partial charge in [0.05, 0.1) is 0 Å². The number of hydrogen-bond acceptors (Lipinski definition) is 2. The number of allylic oxidation sites excluding steroid dienone is 2. The molecule has 0 bridgehead atoms. The molecule has 0 aliphatic carbocycles. The van der Waals surface area contributed by atoms with E-state index in [-0.39, 0.29) is 0 Å². The van der Waals surface area contributed by atoms with E-state index in [1.165, 1.54) is 5.57 Å². The average Bonchev–Trinajstić information content (AvgIpc) is 2.26. The summed E-state index contributed by atoms with van der Waals surface area (Å²) in [5, 5.41) is 3.36. The summed E-state index contributed by atoms with van der Waals surface area (Å²) in [7, 11) is 0. The van der Waals surface area contributed by atoms with E-state index in [9.17, 15) is 0 Å². The molecule has 1 N–H and O–H groups in total. The van der Waals surface area contributed by atoms with Gasteiger partial charge in [0, 0.05) is 18.5 Å². The largest absolute Gasteiger partial charge is 0.313 e. The summed E-state index contributed by atoms with van der Waals surface area (Å²) in [6.07, 6.45) is 9.71. The first-order valence-corrected chi connectivity index (χ1v) is 6.25. The molecule has 0 saturated heterocycles. The van der Waals surface area contributed by atoms with Crippen LogP contribution in [0, 0.1) is 0 Å². The molecule has 0 spiro atoms. The van der Waals surface area contributed by atoms with Crippen molar-refractivity contribution >= 4 is 5.71 Å². The summed E-state index contributed by atoms with van der Waals surface area (Å²) in [6, 6.07) is 0. The van der Waals surface area contributed by atoms with Crippen molar-refractivity contribution in [2.75, 3.05) is 13.1 Å². The highest BCUT2D eigenvalue weighted by molar-refractivity contribution is 5.79. The lowest BCUT2D eigenvalue weighted by atomic mass is 10.1. The Hall–Kier alpha value is -0.890. The molecule has 2 nitrogen and oxygen atoms in total. The Bertz CT molecular complexity index is 245. The van der Waals surface area contributed by atoms with E-state index in [1.54, 1.807) is 0 Å². The Morgan fingerprint density at radius 2 is 1.94 bits per heavy atom. The first-order chi connectivity index (χ1) is 7.70. The molecule has 0 aliphatic rings. The van der Waals surface area contributed by atoms with Crippen LogP contribution in [0.15, 0.2) is 28.9 Å². The van der Waals surface area contributed by atoms with Gasteiger partial charge in [-0.2, -0.15) is 0 Å². The normalized spacial score (nSPS) is 12.1. The van der Waals surface area contributed by atoms with Crippen LogP contribution in [0.5, 0.6) is 0 Å². The second-order valence-corrected chi connectivity index (χ2v) is 4.03. The Labute approximate surface area is 101 Å². The number of likely N-dealkylation sites (N-methyl/N-ethyl adjacent to an activating group) is 1. The van der Waals surface area contributed by atoms with Crippen LogP contribution in [-0.4, -0.2) is 18.8 Å². The molecule has 0 aliphatic heterocycles. The van der Waals surface area contributed by atoms with Crippen molar-refractivity contribution < 1.29 is 0 Å². The van der Waals surface area contributed by atoms with E-state index >= 15 is 0 Å². The molecular formula is C14H26N2. The minimum atomic E-state index is 1.03. The van der Waals surface area contributed by atoms with E-state index in [0.29, 0.717) is 0 Å². The second-order valence-electron chi connectivity index (χ2n) is 4.03. The van der Waals surface area contributed by atoms with E-state index in [1.807, 2.05) is 20.0 Å². The van der Waals surface area contributed by atoms with E-state index in [4.69, 9.17) is 0 Å². The maximum absolute atomic E-state index is 4.21. The molecule has 0 aromatic heterocycles. The molecule has 0 unspecified atom stereocenters. The molecule has 0 fully saturated rings. The predicted molar refractivity (Wildman–Crippen MR) is 74.1 cm³/mol. The fourth-order valence-corrected chi connectivity index (χ4v) is 1.29. The molecule has 0 heterocycles.